The van der Waals surface area contributed by atoms with Crippen molar-refractivity contribution in [3.05, 3.63) is 101 Å². The molecule has 0 saturated carbocycles. The van der Waals surface area contributed by atoms with Crippen molar-refractivity contribution in [1.29, 1.82) is 0 Å². The highest BCUT2D eigenvalue weighted by Crippen LogP contribution is 2.40. The first kappa shape index (κ1) is 28.9. The second-order valence-corrected chi connectivity index (χ2v) is 9.67. The van der Waals surface area contributed by atoms with Gasteiger partial charge in [0.1, 0.15) is 23.9 Å². The Morgan fingerprint density at radius 1 is 0.850 bits per heavy atom. The van der Waals surface area contributed by atoms with Crippen LogP contribution in [0.3, 0.4) is 0 Å². The monoisotopic (exact) mass is 542 g/mol. The van der Waals surface area contributed by atoms with Crippen LogP contribution in [0.25, 0.3) is 5.76 Å². The summed E-state index contributed by atoms with van der Waals surface area (Å²) in [6.07, 6.45) is 0.715. The molecule has 40 heavy (non-hydrogen) atoms. The van der Waals surface area contributed by atoms with E-state index in [1.807, 2.05) is 61.5 Å². The minimum Gasteiger partial charge on any atom is -0.507 e. The molecule has 0 spiro atoms. The van der Waals surface area contributed by atoms with Gasteiger partial charge in [0, 0.05) is 12.1 Å². The van der Waals surface area contributed by atoms with E-state index in [4.69, 9.17) is 9.47 Å². The molecule has 0 aromatic heterocycles. The van der Waals surface area contributed by atoms with Gasteiger partial charge in [-0.2, -0.15) is 0 Å². The van der Waals surface area contributed by atoms with Crippen molar-refractivity contribution in [1.82, 2.24) is 9.80 Å². The Balaban J connectivity index is 1.64. The van der Waals surface area contributed by atoms with E-state index in [1.54, 1.807) is 29.2 Å². The SMILES string of the molecule is CCOc1ccc(/C(O)=C2\C(=O)C(=O)N(CCCN(CC)CC)C2c2ccc(OCc3ccccc3)cc2)cc1. The third-order valence-corrected chi connectivity index (χ3v) is 7.19. The lowest BCUT2D eigenvalue weighted by Crippen LogP contribution is -2.33. The van der Waals surface area contributed by atoms with Crippen LogP contribution in [0.4, 0.5) is 0 Å². The Morgan fingerprint density at radius 2 is 1.48 bits per heavy atom. The van der Waals surface area contributed by atoms with Gasteiger partial charge in [-0.05, 0) is 80.5 Å². The second kappa shape index (κ2) is 13.8. The molecule has 1 N–H and O–H groups in total. The molecule has 0 bridgehead atoms. The maximum atomic E-state index is 13.4. The number of amides is 1. The molecule has 0 aliphatic carbocycles. The molecule has 4 rings (SSSR count). The van der Waals surface area contributed by atoms with Gasteiger partial charge >= 0.3 is 0 Å². The van der Waals surface area contributed by atoms with Crippen molar-refractivity contribution in [2.24, 2.45) is 0 Å². The molecule has 7 heteroatoms. The van der Waals surface area contributed by atoms with Gasteiger partial charge in [0.25, 0.3) is 11.7 Å². The van der Waals surface area contributed by atoms with Gasteiger partial charge in [-0.1, -0.05) is 56.3 Å². The maximum absolute atomic E-state index is 13.4. The summed E-state index contributed by atoms with van der Waals surface area (Å²) in [5, 5.41) is 11.3. The van der Waals surface area contributed by atoms with E-state index in [0.29, 0.717) is 43.2 Å². The molecule has 1 saturated heterocycles. The van der Waals surface area contributed by atoms with Crippen molar-refractivity contribution in [3.8, 4) is 11.5 Å². The lowest BCUT2D eigenvalue weighted by atomic mass is 9.95. The maximum Gasteiger partial charge on any atom is 0.295 e. The summed E-state index contributed by atoms with van der Waals surface area (Å²) in [6.45, 7) is 10.1. The summed E-state index contributed by atoms with van der Waals surface area (Å²) in [7, 11) is 0. The van der Waals surface area contributed by atoms with Gasteiger partial charge in [-0.15, -0.1) is 0 Å². The predicted molar refractivity (Wildman–Crippen MR) is 156 cm³/mol. The van der Waals surface area contributed by atoms with Gasteiger partial charge in [0.15, 0.2) is 0 Å². The van der Waals surface area contributed by atoms with Gasteiger partial charge < -0.3 is 24.4 Å². The molecular formula is C33H38N2O5. The Morgan fingerprint density at radius 3 is 2.10 bits per heavy atom. The number of hydrogen-bond acceptors (Lipinski definition) is 6. The number of ether oxygens (including phenoxy) is 2. The first-order valence-corrected chi connectivity index (χ1v) is 14.0. The lowest BCUT2D eigenvalue weighted by molar-refractivity contribution is -0.140. The third-order valence-electron chi connectivity index (χ3n) is 7.19. The quantitative estimate of drug-likeness (QED) is 0.167. The fourth-order valence-electron chi connectivity index (χ4n) is 4.98. The largest absolute Gasteiger partial charge is 0.507 e. The Labute approximate surface area is 236 Å². The number of aliphatic hydroxyl groups is 1. The molecule has 210 valence electrons. The number of Topliss-reactive ketones (excluding diaryl/α,β-unsaturated/α-hetero) is 1. The summed E-state index contributed by atoms with van der Waals surface area (Å²) in [5.74, 6) is -0.122. The average molecular weight is 543 g/mol. The Hall–Kier alpha value is -4.10. The van der Waals surface area contributed by atoms with Crippen molar-refractivity contribution in [2.75, 3.05) is 32.8 Å². The van der Waals surface area contributed by atoms with E-state index in [2.05, 4.69) is 18.7 Å². The molecular weight excluding hydrogens is 504 g/mol. The minimum atomic E-state index is -0.702. The van der Waals surface area contributed by atoms with Gasteiger partial charge in [-0.25, -0.2) is 0 Å². The van der Waals surface area contributed by atoms with E-state index < -0.39 is 17.7 Å². The highest BCUT2D eigenvalue weighted by atomic mass is 16.5. The fourth-order valence-corrected chi connectivity index (χ4v) is 4.98. The summed E-state index contributed by atoms with van der Waals surface area (Å²) < 4.78 is 11.5. The Kier molecular flexibility index (Phi) is 9.97. The molecule has 7 nitrogen and oxygen atoms in total. The van der Waals surface area contributed by atoms with Crippen molar-refractivity contribution < 1.29 is 24.2 Å². The zero-order valence-corrected chi connectivity index (χ0v) is 23.5. The van der Waals surface area contributed by atoms with E-state index >= 15 is 0 Å². The molecule has 1 atom stereocenters. The number of likely N-dealkylation sites (tertiary alicyclic amines) is 1. The van der Waals surface area contributed by atoms with E-state index in [-0.39, 0.29) is 11.3 Å². The Bertz CT molecular complexity index is 1300. The first-order chi connectivity index (χ1) is 19.5. The first-order valence-electron chi connectivity index (χ1n) is 14.0. The average Bonchev–Trinajstić information content (AvgIpc) is 3.24. The van der Waals surface area contributed by atoms with E-state index in [9.17, 15) is 14.7 Å². The van der Waals surface area contributed by atoms with Crippen LogP contribution in [0.1, 0.15) is 49.9 Å². The number of carbonyl (C=O) groups excluding carboxylic acids is 2. The second-order valence-electron chi connectivity index (χ2n) is 9.67. The number of nitrogens with zero attached hydrogens (tertiary/aromatic N) is 2. The lowest BCUT2D eigenvalue weighted by Gasteiger charge is -2.27. The molecule has 3 aromatic carbocycles. The highest BCUT2D eigenvalue weighted by molar-refractivity contribution is 6.46. The van der Waals surface area contributed by atoms with Crippen LogP contribution < -0.4 is 9.47 Å². The third kappa shape index (κ3) is 6.72. The zero-order valence-electron chi connectivity index (χ0n) is 23.5. The van der Waals surface area contributed by atoms with Crippen molar-refractivity contribution >= 4 is 17.4 Å². The molecule has 0 radical (unpaired) electrons. The molecule has 1 aliphatic rings. The zero-order chi connectivity index (χ0) is 28.5. The summed E-state index contributed by atoms with van der Waals surface area (Å²) >= 11 is 0. The molecule has 1 amide bonds. The van der Waals surface area contributed by atoms with Crippen LogP contribution in [0.2, 0.25) is 0 Å². The number of benzene rings is 3. The van der Waals surface area contributed by atoms with Gasteiger partial charge in [0.05, 0.1) is 18.2 Å². The molecule has 1 heterocycles. The van der Waals surface area contributed by atoms with Crippen LogP contribution in [0.15, 0.2) is 84.4 Å². The fraction of sp³-hybridized carbons (Fsp3) is 0.333. The van der Waals surface area contributed by atoms with E-state index in [0.717, 1.165) is 30.8 Å². The molecule has 1 fully saturated rings. The summed E-state index contributed by atoms with van der Waals surface area (Å²) in [6, 6.07) is 23.5. The van der Waals surface area contributed by atoms with E-state index in [1.165, 1.54) is 0 Å². The van der Waals surface area contributed by atoms with Crippen LogP contribution in [0, 0.1) is 0 Å². The molecule has 1 unspecified atom stereocenters. The van der Waals surface area contributed by atoms with Gasteiger partial charge in [-0.3, -0.25) is 9.59 Å². The summed E-state index contributed by atoms with van der Waals surface area (Å²) in [5.41, 5.74) is 2.34. The van der Waals surface area contributed by atoms with Crippen molar-refractivity contribution in [3.63, 3.8) is 0 Å². The minimum absolute atomic E-state index is 0.0925. The predicted octanol–water partition coefficient (Wildman–Crippen LogP) is 5.82. The standard InChI is InChI=1S/C33H38N2O5/c1-4-34(5-2)21-10-22-35-30(25-13-17-28(18-14-25)40-23-24-11-8-7-9-12-24)29(32(37)33(35)38)31(36)26-15-19-27(20-16-26)39-6-3/h7-9,11-20,30,36H,4-6,10,21-23H2,1-3H3/b31-29+. The summed E-state index contributed by atoms with van der Waals surface area (Å²) in [4.78, 5) is 30.5. The molecule has 1 aliphatic heterocycles. The van der Waals surface area contributed by atoms with Crippen LogP contribution >= 0.6 is 0 Å². The topological polar surface area (TPSA) is 79.3 Å². The van der Waals surface area contributed by atoms with Crippen LogP contribution in [-0.4, -0.2) is 59.4 Å². The number of ketones is 1. The normalized spacial score (nSPS) is 16.5. The van der Waals surface area contributed by atoms with Gasteiger partial charge in [0.2, 0.25) is 0 Å². The number of rotatable bonds is 13. The highest BCUT2D eigenvalue weighted by Gasteiger charge is 2.45. The number of aliphatic hydroxyl groups excluding tert-OH is 1. The molecule has 3 aromatic rings. The van der Waals surface area contributed by atoms with Crippen molar-refractivity contribution in [2.45, 2.75) is 39.8 Å². The number of hydrogen-bond donors (Lipinski definition) is 1. The number of carbonyl (C=O) groups is 2. The smallest absolute Gasteiger partial charge is 0.295 e. The van der Waals surface area contributed by atoms with Crippen LogP contribution in [-0.2, 0) is 16.2 Å². The van der Waals surface area contributed by atoms with Crippen LogP contribution in [0.5, 0.6) is 11.5 Å².